The average Bonchev–Trinajstić information content (AvgIpc) is 2.77. The molecule has 0 unspecified atom stereocenters. The molecule has 0 aliphatic heterocycles. The summed E-state index contributed by atoms with van der Waals surface area (Å²) in [7, 11) is 0. The Morgan fingerprint density at radius 2 is 2.33 bits per heavy atom. The van der Waals surface area contributed by atoms with Crippen molar-refractivity contribution in [1.29, 1.82) is 5.41 Å². The quantitative estimate of drug-likeness (QED) is 0.620. The normalized spacial score (nSPS) is 10.3. The van der Waals surface area contributed by atoms with Gasteiger partial charge in [-0.25, -0.2) is 0 Å². The van der Waals surface area contributed by atoms with Crippen LogP contribution >= 0.6 is 0 Å². The molecule has 0 radical (unpaired) electrons. The van der Waals surface area contributed by atoms with E-state index in [1.807, 2.05) is 0 Å². The number of nitrogens with zero attached hydrogens (tertiary/aromatic N) is 3. The molecule has 2 aromatic heterocycles. The lowest BCUT2D eigenvalue weighted by molar-refractivity contribution is 0.477. The Kier molecular flexibility index (Phi) is 3.57. The standard InChI is InChI=1S/C12H15N5O/c1-2-5-17-8-9(6-16-17)18-11-7-15-4-3-10(11)12(13)14/h3-4,6-8H,2,5H2,1H3,(H3,13,14). The van der Waals surface area contributed by atoms with Gasteiger partial charge in [0.1, 0.15) is 5.84 Å². The van der Waals surface area contributed by atoms with Crippen molar-refractivity contribution >= 4 is 5.84 Å². The second-order valence-electron chi connectivity index (χ2n) is 3.83. The van der Waals surface area contributed by atoms with Crippen LogP contribution in [0.2, 0.25) is 0 Å². The summed E-state index contributed by atoms with van der Waals surface area (Å²) in [6.07, 6.45) is 7.55. The number of nitrogen functional groups attached to an aromatic ring is 1. The highest BCUT2D eigenvalue weighted by Gasteiger charge is 2.08. The van der Waals surface area contributed by atoms with Crippen LogP contribution in [0.15, 0.2) is 30.9 Å². The van der Waals surface area contributed by atoms with Crippen molar-refractivity contribution in [2.75, 3.05) is 0 Å². The smallest absolute Gasteiger partial charge is 0.165 e. The maximum absolute atomic E-state index is 7.46. The van der Waals surface area contributed by atoms with Gasteiger partial charge >= 0.3 is 0 Å². The van der Waals surface area contributed by atoms with Crippen LogP contribution < -0.4 is 10.5 Å². The van der Waals surface area contributed by atoms with Crippen molar-refractivity contribution in [3.05, 3.63) is 36.4 Å². The number of amidine groups is 1. The first-order valence-corrected chi connectivity index (χ1v) is 5.69. The van der Waals surface area contributed by atoms with E-state index in [1.165, 1.54) is 6.20 Å². The van der Waals surface area contributed by atoms with Crippen molar-refractivity contribution in [3.8, 4) is 11.5 Å². The zero-order valence-corrected chi connectivity index (χ0v) is 10.1. The van der Waals surface area contributed by atoms with E-state index in [1.54, 1.807) is 29.3 Å². The summed E-state index contributed by atoms with van der Waals surface area (Å²) in [5.41, 5.74) is 6.00. The first kappa shape index (κ1) is 12.1. The summed E-state index contributed by atoms with van der Waals surface area (Å²) in [6.45, 7) is 2.92. The van der Waals surface area contributed by atoms with E-state index >= 15 is 0 Å². The highest BCUT2D eigenvalue weighted by molar-refractivity contribution is 5.97. The molecule has 6 heteroatoms. The first-order chi connectivity index (χ1) is 8.70. The molecule has 0 bridgehead atoms. The lowest BCUT2D eigenvalue weighted by atomic mass is 10.2. The molecule has 0 aliphatic carbocycles. The molecular weight excluding hydrogens is 230 g/mol. The van der Waals surface area contributed by atoms with E-state index < -0.39 is 0 Å². The lowest BCUT2D eigenvalue weighted by Gasteiger charge is -2.07. The Balaban J connectivity index is 2.20. The van der Waals surface area contributed by atoms with Gasteiger partial charge in [-0.15, -0.1) is 0 Å². The van der Waals surface area contributed by atoms with Crippen LogP contribution in [-0.4, -0.2) is 20.6 Å². The van der Waals surface area contributed by atoms with E-state index in [-0.39, 0.29) is 5.84 Å². The lowest BCUT2D eigenvalue weighted by Crippen LogP contribution is -2.12. The second-order valence-corrected chi connectivity index (χ2v) is 3.83. The minimum absolute atomic E-state index is 0.0478. The van der Waals surface area contributed by atoms with Crippen molar-refractivity contribution < 1.29 is 4.74 Å². The average molecular weight is 245 g/mol. The molecule has 2 heterocycles. The van der Waals surface area contributed by atoms with Gasteiger partial charge in [0.15, 0.2) is 11.5 Å². The molecule has 3 N–H and O–H groups in total. The van der Waals surface area contributed by atoms with Crippen LogP contribution in [-0.2, 0) is 6.54 Å². The number of hydrogen-bond acceptors (Lipinski definition) is 4. The Hall–Kier alpha value is -2.37. The van der Waals surface area contributed by atoms with E-state index in [9.17, 15) is 0 Å². The number of nitrogens with one attached hydrogen (secondary N) is 1. The summed E-state index contributed by atoms with van der Waals surface area (Å²) in [4.78, 5) is 3.96. The molecular formula is C12H15N5O. The Morgan fingerprint density at radius 3 is 3.06 bits per heavy atom. The number of pyridine rings is 1. The van der Waals surface area contributed by atoms with Crippen molar-refractivity contribution in [2.45, 2.75) is 19.9 Å². The summed E-state index contributed by atoms with van der Waals surface area (Å²) in [6, 6.07) is 1.65. The van der Waals surface area contributed by atoms with Gasteiger partial charge in [-0.05, 0) is 12.5 Å². The Bertz CT molecular complexity index is 549. The van der Waals surface area contributed by atoms with E-state index in [4.69, 9.17) is 15.9 Å². The maximum Gasteiger partial charge on any atom is 0.165 e. The number of aromatic nitrogens is 3. The zero-order valence-electron chi connectivity index (χ0n) is 10.1. The van der Waals surface area contributed by atoms with Gasteiger partial charge in [0, 0.05) is 12.7 Å². The summed E-state index contributed by atoms with van der Waals surface area (Å²) < 4.78 is 7.44. The molecule has 0 saturated carbocycles. The number of nitrogens with two attached hydrogens (primary N) is 1. The van der Waals surface area contributed by atoms with Crippen LogP contribution in [0, 0.1) is 5.41 Å². The largest absolute Gasteiger partial charge is 0.452 e. The van der Waals surface area contributed by atoms with Gasteiger partial charge in [-0.1, -0.05) is 6.92 Å². The molecule has 0 fully saturated rings. The highest BCUT2D eigenvalue weighted by atomic mass is 16.5. The topological polar surface area (TPSA) is 89.8 Å². The molecule has 0 amide bonds. The summed E-state index contributed by atoms with van der Waals surface area (Å²) >= 11 is 0. The van der Waals surface area contributed by atoms with Crippen molar-refractivity contribution in [1.82, 2.24) is 14.8 Å². The zero-order chi connectivity index (χ0) is 13.0. The fraction of sp³-hybridized carbons (Fsp3) is 0.250. The van der Waals surface area contributed by atoms with Crippen LogP contribution in [0.1, 0.15) is 18.9 Å². The molecule has 0 spiro atoms. The van der Waals surface area contributed by atoms with Crippen molar-refractivity contribution in [2.24, 2.45) is 5.73 Å². The molecule has 0 atom stereocenters. The number of ether oxygens (including phenoxy) is 1. The van der Waals surface area contributed by atoms with Crippen LogP contribution in [0.4, 0.5) is 0 Å². The fourth-order valence-electron chi connectivity index (χ4n) is 1.56. The van der Waals surface area contributed by atoms with Crippen molar-refractivity contribution in [3.63, 3.8) is 0 Å². The maximum atomic E-state index is 7.46. The number of aryl methyl sites for hydroxylation is 1. The molecule has 0 aromatic carbocycles. The monoisotopic (exact) mass is 245 g/mol. The third-order valence-electron chi connectivity index (χ3n) is 2.36. The molecule has 0 aliphatic rings. The third kappa shape index (κ3) is 2.65. The Labute approximate surface area is 105 Å². The van der Waals surface area contributed by atoms with E-state index in [2.05, 4.69) is 17.0 Å². The van der Waals surface area contributed by atoms with Gasteiger partial charge in [0.2, 0.25) is 0 Å². The predicted molar refractivity (Wildman–Crippen MR) is 67.8 cm³/mol. The molecule has 2 aromatic rings. The summed E-state index contributed by atoms with van der Waals surface area (Å²) in [5.74, 6) is 1.02. The highest BCUT2D eigenvalue weighted by Crippen LogP contribution is 2.23. The van der Waals surface area contributed by atoms with Crippen LogP contribution in [0.5, 0.6) is 11.5 Å². The van der Waals surface area contributed by atoms with Gasteiger partial charge in [0.25, 0.3) is 0 Å². The van der Waals surface area contributed by atoms with Gasteiger partial charge in [-0.3, -0.25) is 15.1 Å². The third-order valence-corrected chi connectivity index (χ3v) is 2.36. The molecule has 0 saturated heterocycles. The number of hydrogen-bond donors (Lipinski definition) is 2. The molecule has 18 heavy (non-hydrogen) atoms. The molecule has 6 nitrogen and oxygen atoms in total. The first-order valence-electron chi connectivity index (χ1n) is 5.69. The van der Waals surface area contributed by atoms with Gasteiger partial charge in [0.05, 0.1) is 24.2 Å². The number of rotatable bonds is 5. The van der Waals surface area contributed by atoms with E-state index in [0.29, 0.717) is 17.1 Å². The van der Waals surface area contributed by atoms with Gasteiger partial charge < -0.3 is 10.5 Å². The second kappa shape index (κ2) is 5.31. The molecule has 94 valence electrons. The SMILES string of the molecule is CCCn1cc(Oc2cnccc2C(=N)N)cn1. The fourth-order valence-corrected chi connectivity index (χ4v) is 1.56. The van der Waals surface area contributed by atoms with Crippen LogP contribution in [0.3, 0.4) is 0 Å². The minimum Gasteiger partial charge on any atom is -0.452 e. The molecule has 2 rings (SSSR count). The van der Waals surface area contributed by atoms with E-state index in [0.717, 1.165) is 13.0 Å². The Morgan fingerprint density at radius 1 is 1.50 bits per heavy atom. The van der Waals surface area contributed by atoms with Gasteiger partial charge in [-0.2, -0.15) is 5.10 Å². The van der Waals surface area contributed by atoms with Crippen LogP contribution in [0.25, 0.3) is 0 Å². The minimum atomic E-state index is -0.0478. The predicted octanol–water partition coefficient (Wildman–Crippen LogP) is 1.76. The summed E-state index contributed by atoms with van der Waals surface area (Å²) in [5, 5.41) is 11.6.